The zero-order chi connectivity index (χ0) is 24.6. The van der Waals surface area contributed by atoms with E-state index in [1.54, 1.807) is 0 Å². The number of carbonyl (C=O) groups is 1. The Morgan fingerprint density at radius 1 is 1.09 bits per heavy atom. The summed E-state index contributed by atoms with van der Waals surface area (Å²) in [6, 6.07) is 10.6. The summed E-state index contributed by atoms with van der Waals surface area (Å²) < 4.78 is 27.4. The van der Waals surface area contributed by atoms with Gasteiger partial charge in [0.1, 0.15) is 16.6 Å². The molecule has 1 amide bonds. The lowest BCUT2D eigenvalue weighted by Crippen LogP contribution is -2.49. The fourth-order valence-electron chi connectivity index (χ4n) is 4.25. The van der Waals surface area contributed by atoms with Gasteiger partial charge >= 0.3 is 0 Å². The second-order valence-electron chi connectivity index (χ2n) is 8.97. The number of hydrogen-bond acceptors (Lipinski definition) is 5. The molecule has 0 unspecified atom stereocenters. The van der Waals surface area contributed by atoms with Crippen molar-refractivity contribution in [2.75, 3.05) is 12.3 Å². The molecule has 2 aromatic carbocycles. The molecule has 5 nitrogen and oxygen atoms in total. The van der Waals surface area contributed by atoms with Gasteiger partial charge in [-0.15, -0.1) is 11.8 Å². The van der Waals surface area contributed by atoms with Crippen molar-refractivity contribution in [2.45, 2.75) is 69.1 Å². The van der Waals surface area contributed by atoms with Crippen LogP contribution in [0.1, 0.15) is 49.3 Å². The Bertz CT molecular complexity index is 933. The lowest BCUT2D eigenvalue weighted by atomic mass is 10.0. The first-order chi connectivity index (χ1) is 16.3. The van der Waals surface area contributed by atoms with E-state index in [1.807, 2.05) is 12.1 Å². The third-order valence-electron chi connectivity index (χ3n) is 6.13. The van der Waals surface area contributed by atoms with Crippen molar-refractivity contribution < 1.29 is 23.8 Å². The number of rotatable bonds is 12. The summed E-state index contributed by atoms with van der Waals surface area (Å²) in [6.45, 7) is 2.82. The minimum absolute atomic E-state index is 0.0501. The number of halogens is 2. The van der Waals surface area contributed by atoms with Gasteiger partial charge in [0.2, 0.25) is 5.91 Å². The summed E-state index contributed by atoms with van der Waals surface area (Å²) in [5.74, 6) is -1.69. The van der Waals surface area contributed by atoms with E-state index in [1.165, 1.54) is 29.5 Å². The van der Waals surface area contributed by atoms with Crippen molar-refractivity contribution in [1.29, 1.82) is 0 Å². The fraction of sp³-hybridized carbons (Fsp3) is 0.500. The number of hydrogen-bond donors (Lipinski definition) is 4. The molecular formula is C26H34F2N2O3S. The normalized spacial score (nSPS) is 16.9. The number of thioether (sulfide) groups is 1. The molecule has 0 aromatic heterocycles. The Kier molecular flexibility index (Phi) is 9.88. The van der Waals surface area contributed by atoms with Gasteiger partial charge in [-0.25, -0.2) is 8.78 Å². The van der Waals surface area contributed by atoms with Crippen molar-refractivity contribution in [3.05, 3.63) is 70.8 Å². The van der Waals surface area contributed by atoms with Crippen LogP contribution in [0.25, 0.3) is 0 Å². The standard InChI is InChI=1S/C26H34F2N2O3S/c1-2-18-6-5-7-19(10-18)15-29-16-24(31)23(13-20-11-21(27)14-22(28)12-20)30-25(32)17-34-26(33)8-3-4-9-26/h5-7,10-12,14,23-24,29,31,33H,2-4,8-9,13,15-17H2,1H3,(H,30,32)/t23-,24-/m0/s1. The second kappa shape index (κ2) is 12.6. The maximum absolute atomic E-state index is 13.7. The monoisotopic (exact) mass is 492 g/mol. The van der Waals surface area contributed by atoms with Crippen LogP contribution >= 0.6 is 11.8 Å². The first-order valence-corrected chi connectivity index (χ1v) is 12.8. The minimum atomic E-state index is -0.982. The molecule has 1 aliphatic carbocycles. The van der Waals surface area contributed by atoms with Gasteiger partial charge in [-0.3, -0.25) is 4.79 Å². The van der Waals surface area contributed by atoms with Crippen molar-refractivity contribution in [3.63, 3.8) is 0 Å². The Hall–Kier alpha value is -2.00. The summed E-state index contributed by atoms with van der Waals surface area (Å²) in [7, 11) is 0. The first kappa shape index (κ1) is 26.6. The Balaban J connectivity index is 1.61. The van der Waals surface area contributed by atoms with Gasteiger partial charge < -0.3 is 20.8 Å². The molecule has 8 heteroatoms. The Morgan fingerprint density at radius 3 is 2.44 bits per heavy atom. The maximum Gasteiger partial charge on any atom is 0.230 e. The zero-order valence-corrected chi connectivity index (χ0v) is 20.3. The lowest BCUT2D eigenvalue weighted by molar-refractivity contribution is -0.120. The number of aliphatic hydroxyl groups is 2. The summed E-state index contributed by atoms with van der Waals surface area (Å²) in [6.07, 6.45) is 3.20. The number of benzene rings is 2. The van der Waals surface area contributed by atoms with Gasteiger partial charge in [-0.2, -0.15) is 0 Å². The van der Waals surface area contributed by atoms with Crippen molar-refractivity contribution in [2.24, 2.45) is 0 Å². The van der Waals surface area contributed by atoms with Crippen molar-refractivity contribution in [3.8, 4) is 0 Å². The third kappa shape index (κ3) is 8.34. The van der Waals surface area contributed by atoms with Gasteiger partial charge in [0.25, 0.3) is 0 Å². The van der Waals surface area contributed by atoms with E-state index in [4.69, 9.17) is 0 Å². The quantitative estimate of drug-likeness (QED) is 0.340. The summed E-state index contributed by atoms with van der Waals surface area (Å²) in [5.41, 5.74) is 2.65. The number of aliphatic hydroxyl groups excluding tert-OH is 1. The molecule has 4 N–H and O–H groups in total. The Labute approximate surface area is 204 Å². The summed E-state index contributed by atoms with van der Waals surface area (Å²) in [4.78, 5) is 11.7. The molecule has 0 heterocycles. The first-order valence-electron chi connectivity index (χ1n) is 11.8. The van der Waals surface area contributed by atoms with Gasteiger partial charge in [0.15, 0.2) is 0 Å². The lowest BCUT2D eigenvalue weighted by Gasteiger charge is -2.26. The topological polar surface area (TPSA) is 81.6 Å². The minimum Gasteiger partial charge on any atom is -0.390 e. The molecule has 1 saturated carbocycles. The van der Waals surface area contributed by atoms with E-state index in [0.717, 1.165) is 30.9 Å². The van der Waals surface area contributed by atoms with Crippen LogP contribution in [-0.2, 0) is 24.2 Å². The molecule has 0 aliphatic heterocycles. The van der Waals surface area contributed by atoms with E-state index in [9.17, 15) is 23.8 Å². The van der Waals surface area contributed by atoms with Gasteiger partial charge in [0, 0.05) is 19.2 Å². The number of carbonyl (C=O) groups excluding carboxylic acids is 1. The van der Waals surface area contributed by atoms with Crippen LogP contribution in [0.5, 0.6) is 0 Å². The van der Waals surface area contributed by atoms with Gasteiger partial charge in [-0.05, 0) is 67.3 Å². The SMILES string of the molecule is CCc1cccc(CNC[C@H](O)[C@H](Cc2cc(F)cc(F)c2)NC(=O)CSC2(O)CCCC2)c1. The van der Waals surface area contributed by atoms with Crippen LogP contribution < -0.4 is 10.6 Å². The van der Waals surface area contributed by atoms with E-state index >= 15 is 0 Å². The molecule has 2 atom stereocenters. The predicted octanol–water partition coefficient (Wildman–Crippen LogP) is 3.70. The van der Waals surface area contributed by atoms with Crippen LogP contribution in [-0.4, -0.2) is 45.5 Å². The van der Waals surface area contributed by atoms with Crippen LogP contribution in [0, 0.1) is 11.6 Å². The molecular weight excluding hydrogens is 458 g/mol. The number of aryl methyl sites for hydroxylation is 1. The number of amides is 1. The van der Waals surface area contributed by atoms with Crippen LogP contribution in [0.2, 0.25) is 0 Å². The van der Waals surface area contributed by atoms with E-state index in [2.05, 4.69) is 29.7 Å². The number of nitrogens with one attached hydrogen (secondary N) is 2. The molecule has 2 aromatic rings. The zero-order valence-electron chi connectivity index (χ0n) is 19.5. The molecule has 186 valence electrons. The van der Waals surface area contributed by atoms with Crippen molar-refractivity contribution in [1.82, 2.24) is 10.6 Å². The molecule has 0 saturated heterocycles. The molecule has 34 heavy (non-hydrogen) atoms. The molecule has 0 radical (unpaired) electrons. The van der Waals surface area contributed by atoms with Crippen molar-refractivity contribution >= 4 is 17.7 Å². The molecule has 0 bridgehead atoms. The molecule has 0 spiro atoms. The highest BCUT2D eigenvalue weighted by atomic mass is 32.2. The fourth-order valence-corrected chi connectivity index (χ4v) is 5.31. The second-order valence-corrected chi connectivity index (χ2v) is 10.3. The van der Waals surface area contributed by atoms with E-state index in [0.29, 0.717) is 24.9 Å². The van der Waals surface area contributed by atoms with Crippen LogP contribution in [0.4, 0.5) is 8.78 Å². The van der Waals surface area contributed by atoms with Crippen LogP contribution in [0.15, 0.2) is 42.5 Å². The Morgan fingerprint density at radius 2 is 1.76 bits per heavy atom. The average molecular weight is 493 g/mol. The molecule has 1 aliphatic rings. The highest BCUT2D eigenvalue weighted by Gasteiger charge is 2.32. The van der Waals surface area contributed by atoms with Crippen LogP contribution in [0.3, 0.4) is 0 Å². The van der Waals surface area contributed by atoms with E-state index < -0.39 is 28.7 Å². The third-order valence-corrected chi connectivity index (χ3v) is 7.48. The van der Waals surface area contributed by atoms with E-state index in [-0.39, 0.29) is 24.6 Å². The maximum atomic E-state index is 13.7. The average Bonchev–Trinajstić information content (AvgIpc) is 3.23. The van der Waals surface area contributed by atoms with Gasteiger partial charge in [0.05, 0.1) is 17.9 Å². The highest BCUT2D eigenvalue weighted by molar-refractivity contribution is 8.01. The molecule has 1 fully saturated rings. The smallest absolute Gasteiger partial charge is 0.230 e. The highest BCUT2D eigenvalue weighted by Crippen LogP contribution is 2.38. The largest absolute Gasteiger partial charge is 0.390 e. The summed E-state index contributed by atoms with van der Waals surface area (Å²) in [5, 5.41) is 27.3. The predicted molar refractivity (Wildman–Crippen MR) is 131 cm³/mol. The summed E-state index contributed by atoms with van der Waals surface area (Å²) >= 11 is 1.20. The van der Waals surface area contributed by atoms with Gasteiger partial charge in [-0.1, -0.05) is 31.2 Å². The molecule has 3 rings (SSSR count).